The first-order valence-corrected chi connectivity index (χ1v) is 7.37. The van der Waals surface area contributed by atoms with Gasteiger partial charge in [-0.25, -0.2) is 0 Å². The lowest BCUT2D eigenvalue weighted by molar-refractivity contribution is -0.137. The Hall–Kier alpha value is -3.09. The van der Waals surface area contributed by atoms with E-state index in [1.54, 1.807) is 31.2 Å². The van der Waals surface area contributed by atoms with Gasteiger partial charge < -0.3 is 10.3 Å². The molecule has 2 N–H and O–H groups in total. The van der Waals surface area contributed by atoms with Crippen molar-refractivity contribution in [3.05, 3.63) is 75.6 Å². The molecule has 0 radical (unpaired) electrons. The van der Waals surface area contributed by atoms with E-state index in [1.165, 1.54) is 12.3 Å². The van der Waals surface area contributed by atoms with Crippen LogP contribution in [-0.4, -0.2) is 10.9 Å². The molecule has 0 atom stereocenters. The van der Waals surface area contributed by atoms with E-state index in [0.717, 1.165) is 12.1 Å². The van der Waals surface area contributed by atoms with Crippen LogP contribution in [0.1, 0.15) is 21.5 Å². The lowest BCUT2D eigenvalue weighted by Crippen LogP contribution is -2.22. The molecule has 2 aromatic carbocycles. The molecule has 0 spiro atoms. The third-order valence-corrected chi connectivity index (χ3v) is 3.85. The number of aromatic amines is 1. The van der Waals surface area contributed by atoms with Crippen molar-refractivity contribution in [1.29, 1.82) is 0 Å². The summed E-state index contributed by atoms with van der Waals surface area (Å²) in [6.07, 6.45) is -3.27. The third kappa shape index (κ3) is 3.26. The number of alkyl halides is 3. The molecule has 0 fully saturated rings. The minimum Gasteiger partial charge on any atom is -0.360 e. The molecule has 128 valence electrons. The van der Waals surface area contributed by atoms with E-state index in [0.29, 0.717) is 16.5 Å². The van der Waals surface area contributed by atoms with Gasteiger partial charge in [0, 0.05) is 22.8 Å². The first-order chi connectivity index (χ1) is 11.8. The normalized spacial score (nSPS) is 11.5. The van der Waals surface area contributed by atoms with Gasteiger partial charge in [-0.15, -0.1) is 0 Å². The number of para-hydroxylation sites is 1. The zero-order valence-electron chi connectivity index (χ0n) is 13.1. The molecule has 0 aliphatic rings. The van der Waals surface area contributed by atoms with E-state index in [2.05, 4.69) is 10.3 Å². The van der Waals surface area contributed by atoms with Gasteiger partial charge in [0.2, 0.25) is 5.43 Å². The highest BCUT2D eigenvalue weighted by Gasteiger charge is 2.31. The van der Waals surface area contributed by atoms with Gasteiger partial charge >= 0.3 is 6.18 Å². The highest BCUT2D eigenvalue weighted by atomic mass is 19.4. The number of aryl methyl sites for hydroxylation is 1. The van der Waals surface area contributed by atoms with E-state index in [1.807, 2.05) is 0 Å². The maximum absolute atomic E-state index is 12.8. The summed E-state index contributed by atoms with van der Waals surface area (Å²) in [7, 11) is 0. The number of benzene rings is 2. The number of carbonyl (C=O) groups excluding carboxylic acids is 1. The van der Waals surface area contributed by atoms with Crippen molar-refractivity contribution in [3.8, 4) is 0 Å². The molecule has 0 saturated heterocycles. The quantitative estimate of drug-likeness (QED) is 0.734. The summed E-state index contributed by atoms with van der Waals surface area (Å²) in [6, 6.07) is 9.72. The van der Waals surface area contributed by atoms with Gasteiger partial charge in [0.05, 0.1) is 5.56 Å². The number of nitrogens with one attached hydrogen (secondary N) is 2. The smallest absolute Gasteiger partial charge is 0.360 e. The van der Waals surface area contributed by atoms with Crippen molar-refractivity contribution in [3.63, 3.8) is 0 Å². The van der Waals surface area contributed by atoms with E-state index < -0.39 is 23.1 Å². The Labute approximate surface area is 140 Å². The molecule has 3 aromatic rings. The Kier molecular flexibility index (Phi) is 4.08. The van der Waals surface area contributed by atoms with E-state index in [4.69, 9.17) is 0 Å². The lowest BCUT2D eigenvalue weighted by Gasteiger charge is -2.12. The van der Waals surface area contributed by atoms with Crippen LogP contribution in [0.5, 0.6) is 0 Å². The first-order valence-electron chi connectivity index (χ1n) is 7.37. The lowest BCUT2D eigenvalue weighted by atomic mass is 10.1. The van der Waals surface area contributed by atoms with Gasteiger partial charge in [0.15, 0.2) is 0 Å². The summed E-state index contributed by atoms with van der Waals surface area (Å²) in [4.78, 5) is 27.6. The highest BCUT2D eigenvalue weighted by molar-refractivity contribution is 6.06. The highest BCUT2D eigenvalue weighted by Crippen LogP contribution is 2.32. The molecule has 0 saturated carbocycles. The van der Waals surface area contributed by atoms with Gasteiger partial charge in [0.1, 0.15) is 5.56 Å². The Balaban J connectivity index is 1.98. The molecule has 1 heterocycles. The topological polar surface area (TPSA) is 62.0 Å². The van der Waals surface area contributed by atoms with Gasteiger partial charge in [0.25, 0.3) is 5.91 Å². The number of halogens is 3. The van der Waals surface area contributed by atoms with Crippen LogP contribution in [0.25, 0.3) is 10.9 Å². The summed E-state index contributed by atoms with van der Waals surface area (Å²) in [5, 5.41) is 2.72. The summed E-state index contributed by atoms with van der Waals surface area (Å²) >= 11 is 0. The van der Waals surface area contributed by atoms with Crippen molar-refractivity contribution in [2.24, 2.45) is 0 Å². The van der Waals surface area contributed by atoms with E-state index in [-0.39, 0.29) is 11.3 Å². The van der Waals surface area contributed by atoms with Crippen LogP contribution in [0.2, 0.25) is 0 Å². The summed E-state index contributed by atoms with van der Waals surface area (Å²) in [5.41, 5.74) is -0.502. The fourth-order valence-electron chi connectivity index (χ4n) is 2.46. The maximum Gasteiger partial charge on any atom is 0.416 e. The third-order valence-electron chi connectivity index (χ3n) is 3.85. The van der Waals surface area contributed by atoms with Crippen LogP contribution in [-0.2, 0) is 6.18 Å². The molecular weight excluding hydrogens is 333 g/mol. The maximum atomic E-state index is 12.8. The minimum atomic E-state index is -4.52. The van der Waals surface area contributed by atoms with Gasteiger partial charge in [-0.2, -0.15) is 13.2 Å². The Bertz CT molecular complexity index is 1020. The van der Waals surface area contributed by atoms with Crippen LogP contribution in [0, 0.1) is 6.92 Å². The number of hydrogen-bond acceptors (Lipinski definition) is 2. The van der Waals surface area contributed by atoms with Crippen LogP contribution in [0.4, 0.5) is 18.9 Å². The largest absolute Gasteiger partial charge is 0.416 e. The molecule has 3 rings (SSSR count). The number of anilines is 1. The molecule has 4 nitrogen and oxygen atoms in total. The number of amides is 1. The number of aromatic nitrogens is 1. The summed E-state index contributed by atoms with van der Waals surface area (Å²) in [5.74, 6) is -0.769. The number of fused-ring (bicyclic) bond motifs is 1. The number of pyridine rings is 1. The predicted octanol–water partition coefficient (Wildman–Crippen LogP) is 4.11. The molecule has 0 unspecified atom stereocenters. The Morgan fingerprint density at radius 3 is 2.56 bits per heavy atom. The van der Waals surface area contributed by atoms with Gasteiger partial charge in [-0.3, -0.25) is 9.59 Å². The van der Waals surface area contributed by atoms with E-state index in [9.17, 15) is 22.8 Å². The SMILES string of the molecule is Cc1ccc(C(F)(F)F)cc1NC(=O)c1c[nH]c2ccccc2c1=O. The molecule has 1 aromatic heterocycles. The van der Waals surface area contributed by atoms with Gasteiger partial charge in [-0.1, -0.05) is 18.2 Å². The first kappa shape index (κ1) is 16.8. The molecular formula is C18H13F3N2O2. The van der Waals surface area contributed by atoms with Crippen LogP contribution < -0.4 is 10.7 Å². The summed E-state index contributed by atoms with van der Waals surface area (Å²) in [6.45, 7) is 1.57. The van der Waals surface area contributed by atoms with Crippen molar-refractivity contribution < 1.29 is 18.0 Å². The molecule has 0 aliphatic heterocycles. The fraction of sp³-hybridized carbons (Fsp3) is 0.111. The van der Waals surface area contributed by atoms with Crippen LogP contribution in [0.15, 0.2) is 53.5 Å². The molecule has 0 bridgehead atoms. The number of H-pyrrole nitrogens is 1. The van der Waals surface area contributed by atoms with Gasteiger partial charge in [-0.05, 0) is 36.8 Å². The Morgan fingerprint density at radius 1 is 1.12 bits per heavy atom. The van der Waals surface area contributed by atoms with Crippen LogP contribution in [0.3, 0.4) is 0 Å². The second kappa shape index (κ2) is 6.08. The zero-order valence-corrected chi connectivity index (χ0v) is 13.1. The fourth-order valence-corrected chi connectivity index (χ4v) is 2.46. The van der Waals surface area contributed by atoms with Crippen molar-refractivity contribution in [1.82, 2.24) is 4.98 Å². The molecule has 7 heteroatoms. The van der Waals surface area contributed by atoms with Crippen molar-refractivity contribution in [2.45, 2.75) is 13.1 Å². The standard InChI is InChI=1S/C18H13F3N2O2/c1-10-6-7-11(18(19,20)21)8-15(10)23-17(25)13-9-22-14-5-3-2-4-12(14)16(13)24/h2-9H,1H3,(H,22,24)(H,23,25). The molecule has 25 heavy (non-hydrogen) atoms. The predicted molar refractivity (Wildman–Crippen MR) is 88.7 cm³/mol. The number of rotatable bonds is 2. The average molecular weight is 346 g/mol. The number of hydrogen-bond donors (Lipinski definition) is 2. The van der Waals surface area contributed by atoms with Crippen molar-refractivity contribution >= 4 is 22.5 Å². The summed E-state index contributed by atoms with van der Waals surface area (Å²) < 4.78 is 38.5. The molecule has 0 aliphatic carbocycles. The Morgan fingerprint density at radius 2 is 1.84 bits per heavy atom. The molecule has 1 amide bonds. The zero-order chi connectivity index (χ0) is 18.2. The van der Waals surface area contributed by atoms with E-state index >= 15 is 0 Å². The minimum absolute atomic E-state index is 0.00684. The second-order valence-electron chi connectivity index (χ2n) is 5.56. The number of carbonyl (C=O) groups is 1. The second-order valence-corrected chi connectivity index (χ2v) is 5.56. The van der Waals surface area contributed by atoms with Crippen LogP contribution >= 0.6 is 0 Å². The van der Waals surface area contributed by atoms with Crippen molar-refractivity contribution in [2.75, 3.05) is 5.32 Å². The average Bonchev–Trinajstić information content (AvgIpc) is 2.56. The monoisotopic (exact) mass is 346 g/mol.